The molecule has 0 radical (unpaired) electrons. The maximum Gasteiger partial charge on any atom is 0.232 e. The molecule has 0 fully saturated rings. The minimum Gasteiger partial charge on any atom is -0.487 e. The fourth-order valence-electron chi connectivity index (χ4n) is 4.74. The number of carbonyl (C=O) groups is 2. The number of hydrogen-bond acceptors (Lipinski definition) is 3. The number of Topliss-reactive ketones (excluding diaryl/α,β-unsaturated/α-hetero) is 1. The zero-order chi connectivity index (χ0) is 21.8. The van der Waals surface area contributed by atoms with Crippen LogP contribution < -0.4 is 0 Å². The molecular weight excluding hydrogens is 372 g/mol. The van der Waals surface area contributed by atoms with Crippen LogP contribution >= 0.6 is 0 Å². The lowest BCUT2D eigenvalue weighted by molar-refractivity contribution is -0.132. The molecule has 1 atom stereocenters. The molecule has 1 aliphatic heterocycles. The molecule has 1 unspecified atom stereocenters. The van der Waals surface area contributed by atoms with Gasteiger partial charge in [-0.3, -0.25) is 9.59 Å². The molecule has 2 rings (SSSR count). The fraction of sp³-hybridized carbons (Fsp3) is 0.778. The molecule has 2 aliphatic rings. The van der Waals surface area contributed by atoms with Crippen LogP contribution in [0.1, 0.15) is 130 Å². The highest BCUT2D eigenvalue weighted by Gasteiger charge is 2.38. The van der Waals surface area contributed by atoms with Crippen LogP contribution in [0.5, 0.6) is 0 Å². The molecule has 170 valence electrons. The fourth-order valence-corrected chi connectivity index (χ4v) is 4.74. The Morgan fingerprint density at radius 3 is 1.87 bits per heavy atom. The van der Waals surface area contributed by atoms with Crippen molar-refractivity contribution in [2.45, 2.75) is 136 Å². The Bertz CT molecular complexity index is 628. The molecule has 0 aromatic carbocycles. The number of unbranched alkanes of at least 4 members (excludes halogenated alkanes) is 13. The lowest BCUT2D eigenvalue weighted by Crippen LogP contribution is -2.36. The van der Waals surface area contributed by atoms with Crippen molar-refractivity contribution in [3.05, 3.63) is 23.0 Å². The van der Waals surface area contributed by atoms with Crippen LogP contribution in [-0.4, -0.2) is 17.2 Å². The van der Waals surface area contributed by atoms with E-state index >= 15 is 0 Å². The molecule has 1 heterocycles. The van der Waals surface area contributed by atoms with Gasteiger partial charge in [0, 0.05) is 5.57 Å². The van der Waals surface area contributed by atoms with E-state index in [4.69, 9.17) is 4.74 Å². The first-order valence-electron chi connectivity index (χ1n) is 12.7. The first-order chi connectivity index (χ1) is 14.5. The normalized spacial score (nSPS) is 21.5. The van der Waals surface area contributed by atoms with E-state index in [2.05, 4.69) is 13.8 Å². The van der Waals surface area contributed by atoms with Crippen molar-refractivity contribution in [3.8, 4) is 0 Å². The summed E-state index contributed by atoms with van der Waals surface area (Å²) in [7, 11) is 0. The highest BCUT2D eigenvalue weighted by Crippen LogP contribution is 2.39. The summed E-state index contributed by atoms with van der Waals surface area (Å²) in [6, 6.07) is 0. The standard InChI is InChI=1S/C27H44O3/c1-4-5-6-7-8-9-10-11-12-13-14-15-16-17-19-27(3)20-18-23-25(29)24(28)21-22(2)26(23)30-27/h21H,4-20H2,1-3H3. The van der Waals surface area contributed by atoms with E-state index in [-0.39, 0.29) is 11.4 Å². The molecule has 0 spiro atoms. The third-order valence-corrected chi connectivity index (χ3v) is 6.79. The van der Waals surface area contributed by atoms with Crippen molar-refractivity contribution in [1.82, 2.24) is 0 Å². The molecule has 30 heavy (non-hydrogen) atoms. The number of carbonyl (C=O) groups excluding carboxylic acids is 2. The molecule has 0 aromatic rings. The number of allylic oxidation sites excluding steroid dienone is 3. The SMILES string of the molecule is CCCCCCCCCCCCCCCCC1(C)CCC2=C(O1)C(C)=CC(=O)C2=O. The van der Waals surface area contributed by atoms with Gasteiger partial charge in [0.1, 0.15) is 11.4 Å². The zero-order valence-corrected chi connectivity index (χ0v) is 19.8. The number of rotatable bonds is 15. The summed E-state index contributed by atoms with van der Waals surface area (Å²) in [6.07, 6.45) is 23.1. The maximum absolute atomic E-state index is 12.1. The van der Waals surface area contributed by atoms with Gasteiger partial charge in [-0.25, -0.2) is 0 Å². The summed E-state index contributed by atoms with van der Waals surface area (Å²) < 4.78 is 6.26. The maximum atomic E-state index is 12.1. The van der Waals surface area contributed by atoms with Crippen molar-refractivity contribution in [3.63, 3.8) is 0 Å². The highest BCUT2D eigenvalue weighted by atomic mass is 16.5. The van der Waals surface area contributed by atoms with Crippen molar-refractivity contribution in [1.29, 1.82) is 0 Å². The molecule has 1 aliphatic carbocycles. The van der Waals surface area contributed by atoms with Crippen LogP contribution in [0.25, 0.3) is 0 Å². The van der Waals surface area contributed by atoms with E-state index < -0.39 is 5.78 Å². The van der Waals surface area contributed by atoms with Gasteiger partial charge < -0.3 is 4.74 Å². The minimum absolute atomic E-state index is 0.203. The highest BCUT2D eigenvalue weighted by molar-refractivity contribution is 6.48. The number of ketones is 2. The number of ether oxygens (including phenoxy) is 1. The van der Waals surface area contributed by atoms with Crippen molar-refractivity contribution in [2.75, 3.05) is 0 Å². The predicted octanol–water partition coefficient (Wildman–Crippen LogP) is 7.78. The van der Waals surface area contributed by atoms with E-state index in [1.165, 1.54) is 96.0 Å². The summed E-state index contributed by atoms with van der Waals surface area (Å²) in [5, 5.41) is 0. The van der Waals surface area contributed by atoms with Crippen molar-refractivity contribution in [2.24, 2.45) is 0 Å². The Labute approximate surface area is 184 Å². The molecule has 0 amide bonds. The average Bonchev–Trinajstić information content (AvgIpc) is 2.72. The first-order valence-corrected chi connectivity index (χ1v) is 12.7. The molecule has 3 nitrogen and oxygen atoms in total. The second-order valence-electron chi connectivity index (χ2n) is 9.73. The summed E-state index contributed by atoms with van der Waals surface area (Å²) in [5.41, 5.74) is 1.20. The number of hydrogen-bond donors (Lipinski definition) is 0. The predicted molar refractivity (Wildman–Crippen MR) is 124 cm³/mol. The van der Waals surface area contributed by atoms with Crippen LogP contribution in [0, 0.1) is 0 Å². The van der Waals surface area contributed by atoms with Gasteiger partial charge >= 0.3 is 0 Å². The van der Waals surface area contributed by atoms with Gasteiger partial charge in [0.15, 0.2) is 0 Å². The van der Waals surface area contributed by atoms with E-state index in [9.17, 15) is 9.59 Å². The Kier molecular flexibility index (Phi) is 10.9. The Hall–Kier alpha value is -1.38. The molecular formula is C27H44O3. The molecule has 0 saturated heterocycles. The summed E-state index contributed by atoms with van der Waals surface area (Å²) >= 11 is 0. The van der Waals surface area contributed by atoms with Gasteiger partial charge in [-0.15, -0.1) is 0 Å². The monoisotopic (exact) mass is 416 g/mol. The van der Waals surface area contributed by atoms with E-state index in [0.29, 0.717) is 17.8 Å². The van der Waals surface area contributed by atoms with Gasteiger partial charge in [0.2, 0.25) is 11.6 Å². The Balaban J connectivity index is 1.51. The third kappa shape index (κ3) is 8.04. The van der Waals surface area contributed by atoms with Crippen LogP contribution in [0.2, 0.25) is 0 Å². The zero-order valence-electron chi connectivity index (χ0n) is 19.8. The van der Waals surface area contributed by atoms with E-state index in [1.54, 1.807) is 0 Å². The van der Waals surface area contributed by atoms with Gasteiger partial charge in [0.25, 0.3) is 0 Å². The lowest BCUT2D eigenvalue weighted by Gasteiger charge is -2.38. The molecule has 0 bridgehead atoms. The lowest BCUT2D eigenvalue weighted by atomic mass is 9.83. The summed E-state index contributed by atoms with van der Waals surface area (Å²) in [6.45, 7) is 6.31. The Morgan fingerprint density at radius 1 is 0.833 bits per heavy atom. The minimum atomic E-state index is -0.398. The van der Waals surface area contributed by atoms with Gasteiger partial charge in [-0.05, 0) is 51.2 Å². The second-order valence-corrected chi connectivity index (χ2v) is 9.73. The summed E-state index contributed by atoms with van der Waals surface area (Å²) in [4.78, 5) is 23.8. The topological polar surface area (TPSA) is 43.4 Å². The third-order valence-electron chi connectivity index (χ3n) is 6.79. The van der Waals surface area contributed by atoms with Gasteiger partial charge in [0.05, 0.1) is 0 Å². The van der Waals surface area contributed by atoms with Crippen LogP contribution in [0.3, 0.4) is 0 Å². The van der Waals surface area contributed by atoms with Crippen molar-refractivity contribution < 1.29 is 14.3 Å². The van der Waals surface area contributed by atoms with E-state index in [0.717, 1.165) is 18.4 Å². The molecule has 0 saturated carbocycles. The summed E-state index contributed by atoms with van der Waals surface area (Å²) in [5.74, 6) is -0.0849. The van der Waals surface area contributed by atoms with Crippen LogP contribution in [0.4, 0.5) is 0 Å². The molecule has 0 N–H and O–H groups in total. The molecule has 0 aromatic heterocycles. The molecule has 3 heteroatoms. The smallest absolute Gasteiger partial charge is 0.232 e. The van der Waals surface area contributed by atoms with Gasteiger partial charge in [-0.2, -0.15) is 0 Å². The van der Waals surface area contributed by atoms with Gasteiger partial charge in [-0.1, -0.05) is 90.4 Å². The largest absolute Gasteiger partial charge is 0.487 e. The second kappa shape index (κ2) is 13.1. The Morgan fingerprint density at radius 2 is 1.33 bits per heavy atom. The van der Waals surface area contributed by atoms with Crippen molar-refractivity contribution >= 4 is 11.6 Å². The van der Waals surface area contributed by atoms with Crippen LogP contribution in [0.15, 0.2) is 23.0 Å². The quantitative estimate of drug-likeness (QED) is 0.155. The average molecular weight is 417 g/mol. The first kappa shape index (κ1) is 24.9. The van der Waals surface area contributed by atoms with Crippen LogP contribution in [-0.2, 0) is 14.3 Å². The van der Waals surface area contributed by atoms with E-state index in [1.807, 2.05) is 6.92 Å².